The summed E-state index contributed by atoms with van der Waals surface area (Å²) in [7, 11) is -4.54. The van der Waals surface area contributed by atoms with Crippen LogP contribution in [0.5, 0.6) is 0 Å². The van der Waals surface area contributed by atoms with Crippen LogP contribution in [-0.4, -0.2) is 43.9 Å². The molecule has 7 heteroatoms. The van der Waals surface area contributed by atoms with Gasteiger partial charge in [-0.25, -0.2) is 0 Å². The molecule has 1 aromatic heterocycles. The molecule has 2 rings (SSSR count). The number of piperazine rings is 1. The molecule has 16 heavy (non-hydrogen) atoms. The minimum Gasteiger partial charge on any atom is -0.368 e. The fraction of sp³-hybridized carbons (Fsp3) is 0.444. The van der Waals surface area contributed by atoms with Crippen LogP contribution in [0.25, 0.3) is 0 Å². The predicted octanol–water partition coefficient (Wildman–Crippen LogP) is 0.418. The first kappa shape index (κ1) is 11.3. The van der Waals surface area contributed by atoms with Crippen LogP contribution in [0.4, 0.5) is 9.57 Å². The molecule has 1 aliphatic rings. The SMILES string of the molecule is O=S(=O)(F)N1CCN(c2cccnc2)CC1. The van der Waals surface area contributed by atoms with Crippen LogP contribution >= 0.6 is 0 Å². The molecule has 5 nitrogen and oxygen atoms in total. The summed E-state index contributed by atoms with van der Waals surface area (Å²) in [4.78, 5) is 5.96. The Bertz CT molecular complexity index is 443. The minimum absolute atomic E-state index is 0.174. The average Bonchev–Trinajstić information content (AvgIpc) is 2.29. The minimum atomic E-state index is -4.54. The van der Waals surface area contributed by atoms with E-state index in [4.69, 9.17) is 0 Å². The summed E-state index contributed by atoms with van der Waals surface area (Å²) in [6, 6.07) is 3.71. The van der Waals surface area contributed by atoms with E-state index in [1.165, 1.54) is 0 Å². The van der Waals surface area contributed by atoms with Gasteiger partial charge in [0.1, 0.15) is 0 Å². The van der Waals surface area contributed by atoms with Gasteiger partial charge in [-0.05, 0) is 12.1 Å². The van der Waals surface area contributed by atoms with Gasteiger partial charge < -0.3 is 4.90 Å². The number of halogens is 1. The van der Waals surface area contributed by atoms with Crippen molar-refractivity contribution < 1.29 is 12.3 Å². The molecule has 0 amide bonds. The molecule has 0 N–H and O–H groups in total. The van der Waals surface area contributed by atoms with E-state index in [9.17, 15) is 12.3 Å². The Kier molecular flexibility index (Phi) is 3.06. The number of rotatable bonds is 2. The zero-order valence-corrected chi connectivity index (χ0v) is 9.40. The fourth-order valence-corrected chi connectivity index (χ4v) is 2.30. The molecular formula is C9H12FN3O2S. The summed E-state index contributed by atoms with van der Waals surface area (Å²) >= 11 is 0. The summed E-state index contributed by atoms with van der Waals surface area (Å²) in [6.07, 6.45) is 3.38. The van der Waals surface area contributed by atoms with Crippen molar-refractivity contribution in [3.63, 3.8) is 0 Å². The van der Waals surface area contributed by atoms with Gasteiger partial charge in [-0.3, -0.25) is 4.98 Å². The van der Waals surface area contributed by atoms with Gasteiger partial charge in [0, 0.05) is 32.4 Å². The maximum absolute atomic E-state index is 12.7. The molecule has 0 bridgehead atoms. The van der Waals surface area contributed by atoms with Gasteiger partial charge in [0.2, 0.25) is 0 Å². The molecule has 0 atom stereocenters. The van der Waals surface area contributed by atoms with E-state index in [-0.39, 0.29) is 13.1 Å². The Balaban J connectivity index is 2.01. The molecule has 1 saturated heterocycles. The summed E-state index contributed by atoms with van der Waals surface area (Å²) < 4.78 is 34.8. The maximum atomic E-state index is 12.7. The molecule has 0 aliphatic carbocycles. The van der Waals surface area contributed by atoms with E-state index >= 15 is 0 Å². The normalized spacial score (nSPS) is 18.7. The number of anilines is 1. The van der Waals surface area contributed by atoms with Crippen LogP contribution in [0.1, 0.15) is 0 Å². The average molecular weight is 245 g/mol. The second kappa shape index (κ2) is 4.34. The third-order valence-electron chi connectivity index (χ3n) is 2.56. The molecule has 0 aromatic carbocycles. The zero-order valence-electron chi connectivity index (χ0n) is 8.58. The van der Waals surface area contributed by atoms with Crippen molar-refractivity contribution in [2.45, 2.75) is 0 Å². The third kappa shape index (κ3) is 2.48. The van der Waals surface area contributed by atoms with Crippen molar-refractivity contribution in [2.24, 2.45) is 0 Å². The van der Waals surface area contributed by atoms with Gasteiger partial charge in [-0.15, -0.1) is 0 Å². The molecule has 88 valence electrons. The van der Waals surface area contributed by atoms with Crippen LogP contribution in [-0.2, 0) is 10.4 Å². The Hall–Kier alpha value is -1.21. The van der Waals surface area contributed by atoms with E-state index in [0.29, 0.717) is 13.1 Å². The van der Waals surface area contributed by atoms with Crippen LogP contribution in [0, 0.1) is 0 Å². The van der Waals surface area contributed by atoms with Gasteiger partial charge in [0.15, 0.2) is 0 Å². The molecular weight excluding hydrogens is 233 g/mol. The third-order valence-corrected chi connectivity index (χ3v) is 3.54. The summed E-state index contributed by atoms with van der Waals surface area (Å²) in [5.74, 6) is 0. The highest BCUT2D eigenvalue weighted by molar-refractivity contribution is 7.83. The first-order chi connectivity index (χ1) is 7.57. The predicted molar refractivity (Wildman–Crippen MR) is 58.1 cm³/mol. The first-order valence-corrected chi connectivity index (χ1v) is 6.26. The lowest BCUT2D eigenvalue weighted by molar-refractivity contribution is 0.363. The molecule has 0 saturated carbocycles. The molecule has 0 radical (unpaired) electrons. The second-order valence-corrected chi connectivity index (χ2v) is 4.88. The number of aromatic nitrogens is 1. The molecule has 1 aromatic rings. The molecule has 1 aliphatic heterocycles. The number of hydrogen-bond acceptors (Lipinski definition) is 4. The van der Waals surface area contributed by atoms with E-state index in [1.54, 1.807) is 12.4 Å². The summed E-state index contributed by atoms with van der Waals surface area (Å²) in [5.41, 5.74) is 0.929. The Morgan fingerprint density at radius 1 is 1.25 bits per heavy atom. The van der Waals surface area contributed by atoms with Crippen molar-refractivity contribution in [1.29, 1.82) is 0 Å². The van der Waals surface area contributed by atoms with Gasteiger partial charge in [0.25, 0.3) is 0 Å². The lowest BCUT2D eigenvalue weighted by atomic mass is 10.3. The van der Waals surface area contributed by atoms with Crippen molar-refractivity contribution in [3.05, 3.63) is 24.5 Å². The highest BCUT2D eigenvalue weighted by Crippen LogP contribution is 2.16. The number of hydrogen-bond donors (Lipinski definition) is 0. The monoisotopic (exact) mass is 245 g/mol. The second-order valence-electron chi connectivity index (χ2n) is 3.54. The van der Waals surface area contributed by atoms with Crippen LogP contribution in [0.3, 0.4) is 0 Å². The topological polar surface area (TPSA) is 53.5 Å². The van der Waals surface area contributed by atoms with E-state index < -0.39 is 10.4 Å². The van der Waals surface area contributed by atoms with Crippen molar-refractivity contribution in [3.8, 4) is 0 Å². The lowest BCUT2D eigenvalue weighted by Crippen LogP contribution is -2.47. The molecule has 1 fully saturated rings. The largest absolute Gasteiger partial charge is 0.374 e. The maximum Gasteiger partial charge on any atom is 0.374 e. The number of nitrogens with zero attached hydrogens (tertiary/aromatic N) is 3. The van der Waals surface area contributed by atoms with Gasteiger partial charge in [-0.1, -0.05) is 3.89 Å². The van der Waals surface area contributed by atoms with E-state index in [1.807, 2.05) is 17.0 Å². The Labute approximate surface area is 93.8 Å². The van der Waals surface area contributed by atoms with Gasteiger partial charge in [-0.2, -0.15) is 12.7 Å². The first-order valence-electron chi connectivity index (χ1n) is 4.92. The number of pyridine rings is 1. The van der Waals surface area contributed by atoms with Crippen molar-refractivity contribution >= 4 is 16.1 Å². The highest BCUT2D eigenvalue weighted by atomic mass is 32.3. The van der Waals surface area contributed by atoms with E-state index in [0.717, 1.165) is 9.99 Å². The summed E-state index contributed by atoms with van der Waals surface area (Å²) in [5, 5.41) is 0. The molecule has 0 spiro atoms. The highest BCUT2D eigenvalue weighted by Gasteiger charge is 2.26. The molecule has 0 unspecified atom stereocenters. The van der Waals surface area contributed by atoms with Crippen LogP contribution in [0.15, 0.2) is 24.5 Å². The van der Waals surface area contributed by atoms with E-state index in [2.05, 4.69) is 4.98 Å². The summed E-state index contributed by atoms with van der Waals surface area (Å²) in [6.45, 7) is 1.31. The smallest absolute Gasteiger partial charge is 0.368 e. The Morgan fingerprint density at radius 2 is 1.94 bits per heavy atom. The fourth-order valence-electron chi connectivity index (χ4n) is 1.71. The standard InChI is InChI=1S/C9H12FN3O2S/c10-16(14,15)13-6-4-12(5-7-13)9-2-1-3-11-8-9/h1-3,8H,4-7H2. The zero-order chi connectivity index (χ0) is 11.6. The van der Waals surface area contributed by atoms with Crippen LogP contribution < -0.4 is 4.90 Å². The van der Waals surface area contributed by atoms with Crippen molar-refractivity contribution in [2.75, 3.05) is 31.1 Å². The van der Waals surface area contributed by atoms with Gasteiger partial charge in [0.05, 0.1) is 11.9 Å². The van der Waals surface area contributed by atoms with Gasteiger partial charge >= 0.3 is 10.4 Å². The molecule has 2 heterocycles. The van der Waals surface area contributed by atoms with Crippen molar-refractivity contribution in [1.82, 2.24) is 9.29 Å². The van der Waals surface area contributed by atoms with Crippen LogP contribution in [0.2, 0.25) is 0 Å². The quantitative estimate of drug-likeness (QED) is 0.708. The lowest BCUT2D eigenvalue weighted by Gasteiger charge is -2.33. The Morgan fingerprint density at radius 3 is 2.44 bits per heavy atom.